The van der Waals surface area contributed by atoms with Crippen molar-refractivity contribution in [1.29, 1.82) is 0 Å². The summed E-state index contributed by atoms with van der Waals surface area (Å²) < 4.78 is 72.9. The van der Waals surface area contributed by atoms with Crippen molar-refractivity contribution in [2.75, 3.05) is 18.2 Å². The molecule has 4 rings (SSSR count). The van der Waals surface area contributed by atoms with Crippen LogP contribution in [0.5, 0.6) is 11.5 Å². The molecule has 0 aliphatic carbocycles. The number of aromatic nitrogens is 3. The van der Waals surface area contributed by atoms with Crippen LogP contribution in [0.4, 0.5) is 29.6 Å². The van der Waals surface area contributed by atoms with Gasteiger partial charge in [0.25, 0.3) is 0 Å². The number of hydrogen-bond acceptors (Lipinski definition) is 8. The maximum Gasteiger partial charge on any atom is 0.422 e. The number of pyridine rings is 1. The lowest BCUT2D eigenvalue weighted by Gasteiger charge is -2.14. The summed E-state index contributed by atoms with van der Waals surface area (Å²) in [6.07, 6.45) is -2.95. The first-order valence-corrected chi connectivity index (χ1v) is 12.0. The van der Waals surface area contributed by atoms with Gasteiger partial charge < -0.3 is 20.5 Å². The molecule has 0 spiro atoms. The normalized spacial score (nSPS) is 11.9. The topological polar surface area (TPSA) is 138 Å². The highest BCUT2D eigenvalue weighted by Crippen LogP contribution is 2.32. The molecule has 0 saturated carbocycles. The fraction of sp³-hybridized carbons (Fsp3) is 0.136. The summed E-state index contributed by atoms with van der Waals surface area (Å²) in [5.41, 5.74) is 7.00. The Bertz CT molecular complexity index is 1540. The van der Waals surface area contributed by atoms with E-state index in [9.17, 15) is 26.4 Å². The number of ether oxygens (including phenoxy) is 2. The molecule has 0 aliphatic rings. The van der Waals surface area contributed by atoms with Crippen molar-refractivity contribution in [3.8, 4) is 22.6 Å². The largest absolute Gasteiger partial charge is 0.482 e. The third kappa shape index (κ3) is 6.02. The first-order chi connectivity index (χ1) is 16.9. The molecule has 4 aromatic rings. The zero-order valence-corrected chi connectivity index (χ0v) is 19.3. The number of nitrogens with one attached hydrogen (secondary N) is 1. The molecule has 2 aromatic carbocycles. The molecule has 0 aliphatic heterocycles. The Balaban J connectivity index is 1.61. The number of nitrogens with zero attached hydrogens (tertiary/aromatic N) is 3. The summed E-state index contributed by atoms with van der Waals surface area (Å²) in [4.78, 5) is 14.9. The van der Waals surface area contributed by atoms with Crippen LogP contribution in [0.2, 0.25) is 0 Å². The highest BCUT2D eigenvalue weighted by atomic mass is 32.2. The number of fused-ring (bicyclic) bond motifs is 1. The number of carbonyl (C=O) groups excluding carboxylic acids is 1. The second kappa shape index (κ2) is 9.37. The summed E-state index contributed by atoms with van der Waals surface area (Å²) in [6, 6.07) is 13.5. The van der Waals surface area contributed by atoms with Crippen molar-refractivity contribution in [1.82, 2.24) is 14.6 Å². The smallest absolute Gasteiger partial charge is 0.422 e. The van der Waals surface area contributed by atoms with Crippen molar-refractivity contribution >= 4 is 33.2 Å². The number of rotatable bonds is 7. The van der Waals surface area contributed by atoms with Crippen LogP contribution in [0.3, 0.4) is 0 Å². The van der Waals surface area contributed by atoms with E-state index in [2.05, 4.69) is 15.4 Å². The van der Waals surface area contributed by atoms with E-state index in [4.69, 9.17) is 15.2 Å². The molecule has 0 unspecified atom stereocenters. The van der Waals surface area contributed by atoms with Crippen LogP contribution >= 0.6 is 0 Å². The molecule has 10 nitrogen and oxygen atoms in total. The van der Waals surface area contributed by atoms with Gasteiger partial charge in [0.2, 0.25) is 5.95 Å². The molecular formula is C22H18F3N5O5S. The Morgan fingerprint density at radius 3 is 2.42 bits per heavy atom. The average Bonchev–Trinajstić information content (AvgIpc) is 3.18. The van der Waals surface area contributed by atoms with Crippen LogP contribution < -0.4 is 20.5 Å². The van der Waals surface area contributed by atoms with Gasteiger partial charge in [-0.15, -0.1) is 5.10 Å². The molecule has 1 amide bonds. The second-order valence-corrected chi connectivity index (χ2v) is 9.58. The van der Waals surface area contributed by atoms with E-state index in [1.807, 2.05) is 0 Å². The van der Waals surface area contributed by atoms with E-state index >= 15 is 0 Å². The van der Waals surface area contributed by atoms with Gasteiger partial charge in [-0.05, 0) is 42.0 Å². The molecular weight excluding hydrogens is 503 g/mol. The number of halogens is 3. The summed E-state index contributed by atoms with van der Waals surface area (Å²) in [5.74, 6) is -0.000562. The number of benzene rings is 2. The van der Waals surface area contributed by atoms with Gasteiger partial charge in [0.1, 0.15) is 11.5 Å². The number of primary amides is 1. The molecule has 36 heavy (non-hydrogen) atoms. The van der Waals surface area contributed by atoms with Crippen molar-refractivity contribution in [2.45, 2.75) is 11.1 Å². The van der Waals surface area contributed by atoms with Crippen molar-refractivity contribution in [3.05, 3.63) is 60.8 Å². The lowest BCUT2D eigenvalue weighted by atomic mass is 10.1. The molecule has 0 radical (unpaired) electrons. The maximum absolute atomic E-state index is 12.7. The molecule has 0 bridgehead atoms. The van der Waals surface area contributed by atoms with Crippen LogP contribution in [0, 0.1) is 0 Å². The number of hydrogen-bond donors (Lipinski definition) is 2. The van der Waals surface area contributed by atoms with E-state index in [1.54, 1.807) is 42.6 Å². The molecule has 14 heteroatoms. The Morgan fingerprint density at radius 1 is 1.08 bits per heavy atom. The van der Waals surface area contributed by atoms with Crippen molar-refractivity contribution in [2.24, 2.45) is 5.73 Å². The predicted molar refractivity (Wildman–Crippen MR) is 123 cm³/mol. The Labute approximate surface area is 202 Å². The standard InChI is InChI=1S/C22H18F3N5O5S/c1-36(32,33)16-7-8-17(18(10-16)34-12-22(23,24)25)27-21-28-19-9-4-14(11-30(19)29-21)13-2-5-15(6-3-13)35-20(26)31/h2-11H,12H2,1H3,(H2,26,31)(H,27,29). The molecule has 2 aromatic heterocycles. The van der Waals surface area contributed by atoms with E-state index in [1.165, 1.54) is 16.6 Å². The van der Waals surface area contributed by atoms with Gasteiger partial charge >= 0.3 is 12.3 Å². The van der Waals surface area contributed by atoms with Crippen LogP contribution in [0.15, 0.2) is 65.7 Å². The summed E-state index contributed by atoms with van der Waals surface area (Å²) >= 11 is 0. The van der Waals surface area contributed by atoms with Crippen LogP contribution in [0.25, 0.3) is 16.8 Å². The minimum absolute atomic E-state index is 0.0429. The number of alkyl halides is 3. The monoisotopic (exact) mass is 521 g/mol. The van der Waals surface area contributed by atoms with Gasteiger partial charge in [0, 0.05) is 24.1 Å². The highest BCUT2D eigenvalue weighted by molar-refractivity contribution is 7.90. The van der Waals surface area contributed by atoms with Crippen LogP contribution in [-0.2, 0) is 9.84 Å². The van der Waals surface area contributed by atoms with Crippen LogP contribution in [0.1, 0.15) is 0 Å². The fourth-order valence-electron chi connectivity index (χ4n) is 3.17. The quantitative estimate of drug-likeness (QED) is 0.373. The lowest BCUT2D eigenvalue weighted by molar-refractivity contribution is -0.153. The van der Waals surface area contributed by atoms with E-state index in [0.717, 1.165) is 23.4 Å². The number of amides is 1. The molecule has 2 heterocycles. The number of carbonyl (C=O) groups is 1. The van der Waals surface area contributed by atoms with Crippen molar-refractivity contribution in [3.63, 3.8) is 0 Å². The zero-order valence-electron chi connectivity index (χ0n) is 18.5. The molecule has 188 valence electrons. The molecule has 0 saturated heterocycles. The predicted octanol–water partition coefficient (Wildman–Crippen LogP) is 3.94. The number of sulfone groups is 1. The Hall–Kier alpha value is -4.33. The highest BCUT2D eigenvalue weighted by Gasteiger charge is 2.29. The maximum atomic E-state index is 12.7. The van der Waals surface area contributed by atoms with Crippen LogP contribution in [-0.4, -0.2) is 48.1 Å². The summed E-state index contributed by atoms with van der Waals surface area (Å²) in [5, 5.41) is 7.06. The third-order valence-electron chi connectivity index (χ3n) is 4.76. The van der Waals surface area contributed by atoms with Gasteiger partial charge in [-0.1, -0.05) is 12.1 Å². The van der Waals surface area contributed by atoms with Crippen molar-refractivity contribution < 1.29 is 35.9 Å². The van der Waals surface area contributed by atoms with Gasteiger partial charge in [-0.3, -0.25) is 0 Å². The van der Waals surface area contributed by atoms with E-state index in [-0.39, 0.29) is 28.0 Å². The third-order valence-corrected chi connectivity index (χ3v) is 5.87. The fourth-order valence-corrected chi connectivity index (χ4v) is 3.81. The second-order valence-electron chi connectivity index (χ2n) is 7.56. The van der Waals surface area contributed by atoms with E-state index < -0.39 is 28.7 Å². The first-order valence-electron chi connectivity index (χ1n) is 10.1. The van der Waals surface area contributed by atoms with Gasteiger partial charge in [0.05, 0.1) is 10.6 Å². The van der Waals surface area contributed by atoms with Gasteiger partial charge in [-0.25, -0.2) is 17.7 Å². The zero-order chi connectivity index (χ0) is 26.1. The SMILES string of the molecule is CS(=O)(=O)c1ccc(Nc2nc3ccc(-c4ccc(OC(N)=O)cc4)cn3n2)c(OCC(F)(F)F)c1. The van der Waals surface area contributed by atoms with E-state index in [0.29, 0.717) is 5.65 Å². The van der Waals surface area contributed by atoms with Gasteiger partial charge in [0.15, 0.2) is 22.1 Å². The number of nitrogens with two attached hydrogens (primary N) is 1. The minimum Gasteiger partial charge on any atom is -0.482 e. The molecule has 3 N–H and O–H groups in total. The lowest BCUT2D eigenvalue weighted by Crippen LogP contribution is -2.19. The van der Waals surface area contributed by atoms with Gasteiger partial charge in [-0.2, -0.15) is 18.2 Å². The average molecular weight is 521 g/mol. The Morgan fingerprint density at radius 2 is 1.78 bits per heavy atom. The summed E-state index contributed by atoms with van der Waals surface area (Å²) in [6.45, 7) is -1.61. The first kappa shape index (κ1) is 24.8. The minimum atomic E-state index is -4.62. The molecule has 0 fully saturated rings. The Kier molecular flexibility index (Phi) is 6.45. The summed E-state index contributed by atoms with van der Waals surface area (Å²) in [7, 11) is -3.68. The molecule has 0 atom stereocenters. The number of anilines is 2.